The number of nitrogens with zero attached hydrogens (tertiary/aromatic N) is 3. The fourth-order valence-corrected chi connectivity index (χ4v) is 2.49. The minimum Gasteiger partial charge on any atom is -0.435 e. The van der Waals surface area contributed by atoms with E-state index in [1.165, 1.54) is 35.3 Å². The van der Waals surface area contributed by atoms with Crippen LogP contribution in [0.4, 0.5) is 8.78 Å². The summed E-state index contributed by atoms with van der Waals surface area (Å²) in [6.07, 6.45) is 1.37. The van der Waals surface area contributed by atoms with Crippen LogP contribution in [-0.2, 0) is 0 Å². The molecule has 9 heteroatoms. The molecule has 3 rings (SSSR count). The number of alkyl halides is 2. The van der Waals surface area contributed by atoms with Gasteiger partial charge in [-0.25, -0.2) is 9.67 Å². The van der Waals surface area contributed by atoms with Gasteiger partial charge in [0.05, 0.1) is 11.7 Å². The average molecular weight is 393 g/mol. The molecule has 0 unspecified atom stereocenters. The van der Waals surface area contributed by atoms with E-state index in [1.807, 2.05) is 19.1 Å². The third kappa shape index (κ3) is 4.79. The minimum absolute atomic E-state index is 0.0104. The Balaban J connectivity index is 1.67. The van der Waals surface area contributed by atoms with Crippen LogP contribution < -0.4 is 10.1 Å². The third-order valence-electron chi connectivity index (χ3n) is 3.74. The summed E-state index contributed by atoms with van der Waals surface area (Å²) < 4.78 is 30.0. The molecule has 3 aromatic rings. The van der Waals surface area contributed by atoms with Crippen molar-refractivity contribution in [1.29, 1.82) is 0 Å². The molecule has 1 amide bonds. The molecular weight excluding hydrogens is 378 g/mol. The van der Waals surface area contributed by atoms with Gasteiger partial charge in [0.25, 0.3) is 5.91 Å². The zero-order valence-corrected chi connectivity index (χ0v) is 14.9. The lowest BCUT2D eigenvalue weighted by molar-refractivity contribution is -0.0498. The lowest BCUT2D eigenvalue weighted by Crippen LogP contribution is -2.27. The van der Waals surface area contributed by atoms with E-state index in [-0.39, 0.29) is 17.6 Å². The molecule has 1 heterocycles. The number of ether oxygens (including phenoxy) is 1. The molecule has 0 aliphatic heterocycles. The number of carbonyl (C=O) groups excluding carboxylic acids is 1. The molecule has 0 aliphatic rings. The van der Waals surface area contributed by atoms with Crippen LogP contribution in [0.2, 0.25) is 5.02 Å². The van der Waals surface area contributed by atoms with E-state index in [2.05, 4.69) is 20.1 Å². The molecule has 1 aromatic heterocycles. The molecule has 0 saturated heterocycles. The highest BCUT2D eigenvalue weighted by molar-refractivity contribution is 6.30. The third-order valence-corrected chi connectivity index (χ3v) is 3.99. The molecule has 140 valence electrons. The zero-order valence-electron chi connectivity index (χ0n) is 14.1. The van der Waals surface area contributed by atoms with E-state index in [1.54, 1.807) is 12.1 Å². The second-order valence-corrected chi connectivity index (χ2v) is 6.07. The minimum atomic E-state index is -2.89. The van der Waals surface area contributed by atoms with Gasteiger partial charge in [-0.3, -0.25) is 4.79 Å². The Bertz CT molecular complexity index is 914. The first-order valence-corrected chi connectivity index (χ1v) is 8.33. The molecule has 27 heavy (non-hydrogen) atoms. The van der Waals surface area contributed by atoms with Gasteiger partial charge < -0.3 is 10.1 Å². The Morgan fingerprint density at radius 1 is 1.15 bits per heavy atom. The van der Waals surface area contributed by atoms with E-state index in [9.17, 15) is 13.6 Å². The van der Waals surface area contributed by atoms with Gasteiger partial charge in [0.15, 0.2) is 0 Å². The summed E-state index contributed by atoms with van der Waals surface area (Å²) in [7, 11) is 0. The Labute approximate surface area is 158 Å². The van der Waals surface area contributed by atoms with E-state index in [4.69, 9.17) is 11.6 Å². The van der Waals surface area contributed by atoms with Crippen molar-refractivity contribution >= 4 is 17.5 Å². The highest BCUT2D eigenvalue weighted by atomic mass is 35.5. The first-order chi connectivity index (χ1) is 12.9. The van der Waals surface area contributed by atoms with Crippen molar-refractivity contribution in [3.8, 4) is 11.4 Å². The molecule has 6 nitrogen and oxygen atoms in total. The van der Waals surface area contributed by atoms with Gasteiger partial charge in [-0.05, 0) is 48.9 Å². The SMILES string of the molecule is C[C@H](NC(=O)c1ncn(-c2ccc(OC(F)F)cc2)n1)c1ccc(Cl)cc1. The van der Waals surface area contributed by atoms with Crippen LogP contribution in [0.3, 0.4) is 0 Å². The largest absolute Gasteiger partial charge is 0.435 e. The van der Waals surface area contributed by atoms with Crippen LogP contribution in [0, 0.1) is 0 Å². The monoisotopic (exact) mass is 392 g/mol. The number of nitrogens with one attached hydrogen (secondary N) is 1. The number of rotatable bonds is 6. The van der Waals surface area contributed by atoms with Crippen LogP contribution in [0.1, 0.15) is 29.1 Å². The van der Waals surface area contributed by atoms with Crippen molar-refractivity contribution < 1.29 is 18.3 Å². The van der Waals surface area contributed by atoms with Gasteiger partial charge in [0.2, 0.25) is 5.82 Å². The molecule has 0 saturated carbocycles. The van der Waals surface area contributed by atoms with Crippen LogP contribution in [0.15, 0.2) is 54.9 Å². The first kappa shape index (κ1) is 18.8. The fourth-order valence-electron chi connectivity index (χ4n) is 2.37. The molecule has 0 aliphatic carbocycles. The molecule has 2 aromatic carbocycles. The van der Waals surface area contributed by atoms with Crippen LogP contribution in [-0.4, -0.2) is 27.3 Å². The second-order valence-electron chi connectivity index (χ2n) is 5.63. The van der Waals surface area contributed by atoms with Crippen LogP contribution in [0.25, 0.3) is 5.69 Å². The predicted octanol–water partition coefficient (Wildman–Crippen LogP) is 4.01. The smallest absolute Gasteiger partial charge is 0.387 e. The van der Waals surface area contributed by atoms with Gasteiger partial charge in [-0.1, -0.05) is 23.7 Å². The Kier molecular flexibility index (Phi) is 5.66. The van der Waals surface area contributed by atoms with E-state index in [0.29, 0.717) is 10.7 Å². The van der Waals surface area contributed by atoms with Crippen molar-refractivity contribution in [3.05, 3.63) is 71.3 Å². The Morgan fingerprint density at radius 2 is 1.81 bits per heavy atom. The second kappa shape index (κ2) is 8.13. The first-order valence-electron chi connectivity index (χ1n) is 7.95. The lowest BCUT2D eigenvalue weighted by atomic mass is 10.1. The molecular formula is C18H15ClF2N4O2. The summed E-state index contributed by atoms with van der Waals surface area (Å²) >= 11 is 5.86. The summed E-state index contributed by atoms with van der Waals surface area (Å²) in [6, 6.07) is 12.7. The van der Waals surface area contributed by atoms with Crippen LogP contribution in [0.5, 0.6) is 5.75 Å². The standard InChI is InChI=1S/C18H15ClF2N4O2/c1-11(12-2-4-13(19)5-3-12)23-17(26)16-22-10-25(24-16)14-6-8-15(9-7-14)27-18(20)21/h2-11,18H,1H3,(H,23,26)/t11-/m0/s1. The van der Waals surface area contributed by atoms with Gasteiger partial charge in [0.1, 0.15) is 12.1 Å². The molecule has 1 atom stereocenters. The summed E-state index contributed by atoms with van der Waals surface area (Å²) in [6.45, 7) is -1.06. The summed E-state index contributed by atoms with van der Waals surface area (Å²) in [5.41, 5.74) is 1.44. The molecule has 1 N–H and O–H groups in total. The van der Waals surface area contributed by atoms with Crippen molar-refractivity contribution in [1.82, 2.24) is 20.1 Å². The maximum Gasteiger partial charge on any atom is 0.387 e. The molecule has 0 spiro atoms. The van der Waals surface area contributed by atoms with Gasteiger partial charge in [-0.15, -0.1) is 5.10 Å². The highest BCUT2D eigenvalue weighted by Crippen LogP contribution is 2.18. The predicted molar refractivity (Wildman–Crippen MR) is 95.3 cm³/mol. The average Bonchev–Trinajstić information content (AvgIpc) is 3.12. The molecule has 0 bridgehead atoms. The van der Waals surface area contributed by atoms with Gasteiger partial charge in [0, 0.05) is 5.02 Å². The number of carbonyl (C=O) groups is 1. The summed E-state index contributed by atoms with van der Waals surface area (Å²) in [5, 5.41) is 7.53. The number of hydrogen-bond donors (Lipinski definition) is 1. The normalized spacial score (nSPS) is 12.0. The molecule has 0 radical (unpaired) electrons. The number of halogens is 3. The zero-order chi connectivity index (χ0) is 19.4. The van der Waals surface area contributed by atoms with E-state index in [0.717, 1.165) is 5.56 Å². The number of aromatic nitrogens is 3. The Hall–Kier alpha value is -3.00. The quantitative estimate of drug-likeness (QED) is 0.688. The van der Waals surface area contributed by atoms with E-state index >= 15 is 0 Å². The number of amides is 1. The summed E-state index contributed by atoms with van der Waals surface area (Å²) in [5.74, 6) is -0.416. The van der Waals surface area contributed by atoms with Crippen molar-refractivity contribution in [2.75, 3.05) is 0 Å². The van der Waals surface area contributed by atoms with E-state index < -0.39 is 12.5 Å². The maximum atomic E-state index is 12.3. The Morgan fingerprint density at radius 3 is 2.44 bits per heavy atom. The maximum absolute atomic E-state index is 12.3. The lowest BCUT2D eigenvalue weighted by Gasteiger charge is -2.13. The topological polar surface area (TPSA) is 69.0 Å². The summed E-state index contributed by atoms with van der Waals surface area (Å²) in [4.78, 5) is 16.3. The fraction of sp³-hybridized carbons (Fsp3) is 0.167. The number of benzene rings is 2. The highest BCUT2D eigenvalue weighted by Gasteiger charge is 2.16. The van der Waals surface area contributed by atoms with Crippen molar-refractivity contribution in [2.24, 2.45) is 0 Å². The van der Waals surface area contributed by atoms with Crippen molar-refractivity contribution in [2.45, 2.75) is 19.6 Å². The van der Waals surface area contributed by atoms with Gasteiger partial charge in [-0.2, -0.15) is 8.78 Å². The number of hydrogen-bond acceptors (Lipinski definition) is 4. The van der Waals surface area contributed by atoms with Gasteiger partial charge >= 0.3 is 6.61 Å². The van der Waals surface area contributed by atoms with Crippen molar-refractivity contribution in [3.63, 3.8) is 0 Å². The molecule has 0 fully saturated rings. The van der Waals surface area contributed by atoms with Crippen LogP contribution >= 0.6 is 11.6 Å².